The number of benzene rings is 2. The van der Waals surface area contributed by atoms with Gasteiger partial charge >= 0.3 is 0 Å². The molecule has 2 aromatic carbocycles. The van der Waals surface area contributed by atoms with Crippen LogP contribution in [0.4, 0.5) is 11.6 Å². The van der Waals surface area contributed by atoms with Gasteiger partial charge in [0, 0.05) is 48.3 Å². The smallest absolute Gasteiger partial charge is 0.225 e. The number of aryl methyl sites for hydroxylation is 1. The number of nitrogens with one attached hydrogen (secondary N) is 1. The summed E-state index contributed by atoms with van der Waals surface area (Å²) >= 11 is 5.90. The van der Waals surface area contributed by atoms with Crippen molar-refractivity contribution in [2.45, 2.75) is 19.3 Å². The number of halogens is 1. The topological polar surface area (TPSA) is 61.4 Å². The average Bonchev–Trinajstić information content (AvgIpc) is 2.97. The van der Waals surface area contributed by atoms with Crippen molar-refractivity contribution >= 4 is 40.0 Å². The molecule has 6 nitrogen and oxygen atoms in total. The Morgan fingerprint density at radius 2 is 1.93 bits per heavy atom. The van der Waals surface area contributed by atoms with Gasteiger partial charge in [-0.2, -0.15) is 0 Å². The van der Waals surface area contributed by atoms with Gasteiger partial charge in [-0.3, -0.25) is 4.79 Å². The molecule has 0 atom stereocenters. The number of carbonyl (C=O) groups excluding carboxylic acids is 1. The van der Waals surface area contributed by atoms with Gasteiger partial charge in [0.1, 0.15) is 0 Å². The third-order valence-corrected chi connectivity index (χ3v) is 5.66. The molecule has 0 unspecified atom stereocenters. The van der Waals surface area contributed by atoms with Crippen LogP contribution in [-0.2, 0) is 11.2 Å². The van der Waals surface area contributed by atoms with E-state index >= 15 is 0 Å². The SMILES string of the molecule is CN1CCCN(c2ncc3cc(NC(=O)CCc4ccc(Cl)cc4)ccc3n2)CC1. The number of hydrogen-bond donors (Lipinski definition) is 1. The minimum absolute atomic E-state index is 0.0180. The van der Waals surface area contributed by atoms with Gasteiger partial charge in [-0.15, -0.1) is 0 Å². The third-order valence-electron chi connectivity index (χ3n) is 5.41. The molecule has 1 N–H and O–H groups in total. The van der Waals surface area contributed by atoms with Crippen molar-refractivity contribution in [3.63, 3.8) is 0 Å². The van der Waals surface area contributed by atoms with Crippen LogP contribution in [0.3, 0.4) is 0 Å². The number of nitrogens with zero attached hydrogens (tertiary/aromatic N) is 4. The highest BCUT2D eigenvalue weighted by Crippen LogP contribution is 2.21. The van der Waals surface area contributed by atoms with Gasteiger partial charge in [0.15, 0.2) is 0 Å². The summed E-state index contributed by atoms with van der Waals surface area (Å²) in [6, 6.07) is 13.3. The zero-order chi connectivity index (χ0) is 20.9. The first kappa shape index (κ1) is 20.6. The number of likely N-dealkylation sites (N-methyl/N-ethyl adjacent to an activating group) is 1. The Bertz CT molecular complexity index is 1020. The quantitative estimate of drug-likeness (QED) is 0.672. The van der Waals surface area contributed by atoms with Crippen LogP contribution >= 0.6 is 11.6 Å². The predicted molar refractivity (Wildman–Crippen MR) is 122 cm³/mol. The van der Waals surface area contributed by atoms with E-state index in [9.17, 15) is 4.79 Å². The lowest BCUT2D eigenvalue weighted by atomic mass is 10.1. The summed E-state index contributed by atoms with van der Waals surface area (Å²) in [6.07, 6.45) is 4.04. The van der Waals surface area contributed by atoms with Gasteiger partial charge in [0.05, 0.1) is 5.52 Å². The molecule has 1 aliphatic heterocycles. The molecule has 30 heavy (non-hydrogen) atoms. The molecule has 0 aliphatic carbocycles. The number of aromatic nitrogens is 2. The highest BCUT2D eigenvalue weighted by Gasteiger charge is 2.15. The Morgan fingerprint density at radius 3 is 2.77 bits per heavy atom. The Kier molecular flexibility index (Phi) is 6.45. The minimum atomic E-state index is -0.0180. The summed E-state index contributed by atoms with van der Waals surface area (Å²) in [5, 5.41) is 4.59. The molecule has 1 aromatic heterocycles. The van der Waals surface area contributed by atoms with Crippen LogP contribution in [0.5, 0.6) is 0 Å². The molecule has 0 radical (unpaired) electrons. The van der Waals surface area contributed by atoms with Crippen molar-refractivity contribution < 1.29 is 4.79 Å². The lowest BCUT2D eigenvalue weighted by Crippen LogP contribution is -2.30. The van der Waals surface area contributed by atoms with E-state index in [-0.39, 0.29) is 5.91 Å². The molecule has 3 aromatic rings. The van der Waals surface area contributed by atoms with E-state index in [1.165, 1.54) is 0 Å². The largest absolute Gasteiger partial charge is 0.339 e. The molecule has 2 heterocycles. The Labute approximate surface area is 181 Å². The third kappa shape index (κ3) is 5.26. The van der Waals surface area contributed by atoms with Crippen LogP contribution < -0.4 is 10.2 Å². The highest BCUT2D eigenvalue weighted by molar-refractivity contribution is 6.30. The lowest BCUT2D eigenvalue weighted by Gasteiger charge is -2.20. The second kappa shape index (κ2) is 9.41. The fourth-order valence-electron chi connectivity index (χ4n) is 3.63. The number of rotatable bonds is 5. The van der Waals surface area contributed by atoms with E-state index in [4.69, 9.17) is 16.6 Å². The summed E-state index contributed by atoms with van der Waals surface area (Å²) in [4.78, 5) is 26.2. The molecular weight excluding hydrogens is 398 g/mol. The van der Waals surface area contributed by atoms with Gasteiger partial charge in [-0.1, -0.05) is 23.7 Å². The first-order valence-corrected chi connectivity index (χ1v) is 10.7. The van der Waals surface area contributed by atoms with Gasteiger partial charge in [0.2, 0.25) is 11.9 Å². The van der Waals surface area contributed by atoms with Crippen molar-refractivity contribution in [2.75, 3.05) is 43.4 Å². The first-order valence-electron chi connectivity index (χ1n) is 10.3. The Balaban J connectivity index is 1.39. The zero-order valence-corrected chi connectivity index (χ0v) is 17.9. The van der Waals surface area contributed by atoms with Gasteiger partial charge in [-0.25, -0.2) is 9.97 Å². The fraction of sp³-hybridized carbons (Fsp3) is 0.348. The van der Waals surface area contributed by atoms with Crippen molar-refractivity contribution in [1.82, 2.24) is 14.9 Å². The molecule has 4 rings (SSSR count). The molecular formula is C23H26ClN5O. The van der Waals surface area contributed by atoms with E-state index in [0.717, 1.165) is 60.7 Å². The fourth-order valence-corrected chi connectivity index (χ4v) is 3.76. The van der Waals surface area contributed by atoms with Crippen LogP contribution in [-0.4, -0.2) is 54.0 Å². The van der Waals surface area contributed by atoms with Crippen LogP contribution in [0.2, 0.25) is 5.02 Å². The van der Waals surface area contributed by atoms with E-state index in [2.05, 4.69) is 27.1 Å². The maximum Gasteiger partial charge on any atom is 0.225 e. The Hall–Kier alpha value is -2.70. The molecule has 1 fully saturated rings. The highest BCUT2D eigenvalue weighted by atomic mass is 35.5. The summed E-state index contributed by atoms with van der Waals surface area (Å²) in [5.74, 6) is 0.757. The summed E-state index contributed by atoms with van der Waals surface area (Å²) in [5.41, 5.74) is 2.74. The lowest BCUT2D eigenvalue weighted by molar-refractivity contribution is -0.116. The second-order valence-electron chi connectivity index (χ2n) is 7.76. The number of carbonyl (C=O) groups is 1. The van der Waals surface area contributed by atoms with Crippen molar-refractivity contribution in [2.24, 2.45) is 0 Å². The minimum Gasteiger partial charge on any atom is -0.339 e. The molecule has 156 valence electrons. The number of fused-ring (bicyclic) bond motifs is 1. The van der Waals surface area contributed by atoms with Crippen molar-refractivity contribution in [3.05, 3.63) is 59.2 Å². The normalized spacial score (nSPS) is 15.2. The molecule has 1 aliphatic rings. The van der Waals surface area contributed by atoms with Gasteiger partial charge in [-0.05, 0) is 62.3 Å². The summed E-state index contributed by atoms with van der Waals surface area (Å²) in [7, 11) is 2.15. The maximum absolute atomic E-state index is 12.3. The van der Waals surface area contributed by atoms with Crippen LogP contribution in [0.15, 0.2) is 48.7 Å². The molecule has 0 bridgehead atoms. The van der Waals surface area contributed by atoms with Gasteiger partial charge in [0.25, 0.3) is 0 Å². The van der Waals surface area contributed by atoms with Gasteiger partial charge < -0.3 is 15.1 Å². The predicted octanol–water partition coefficient (Wildman–Crippen LogP) is 4.00. The standard InChI is InChI=1S/C23H26ClN5O/c1-28-11-2-12-29(14-13-28)23-25-16-18-15-20(8-9-21(18)27-23)26-22(30)10-5-17-3-6-19(24)7-4-17/h3-4,6-9,15-16H,2,5,10-14H2,1H3,(H,26,30). The van der Waals surface area contributed by atoms with Crippen LogP contribution in [0, 0.1) is 0 Å². The van der Waals surface area contributed by atoms with E-state index in [1.54, 1.807) is 0 Å². The first-order chi connectivity index (χ1) is 14.6. The summed E-state index contributed by atoms with van der Waals surface area (Å²) in [6.45, 7) is 4.02. The van der Waals surface area contributed by atoms with E-state index < -0.39 is 0 Å². The van der Waals surface area contributed by atoms with Crippen molar-refractivity contribution in [3.8, 4) is 0 Å². The van der Waals surface area contributed by atoms with E-state index in [1.807, 2.05) is 48.7 Å². The molecule has 1 saturated heterocycles. The second-order valence-corrected chi connectivity index (χ2v) is 8.20. The van der Waals surface area contributed by atoms with Crippen LogP contribution in [0.1, 0.15) is 18.4 Å². The molecule has 0 spiro atoms. The maximum atomic E-state index is 12.3. The summed E-state index contributed by atoms with van der Waals surface area (Å²) < 4.78 is 0. The Morgan fingerprint density at radius 1 is 1.10 bits per heavy atom. The average molecular weight is 424 g/mol. The number of hydrogen-bond acceptors (Lipinski definition) is 5. The molecule has 1 amide bonds. The molecule has 0 saturated carbocycles. The molecule has 7 heteroatoms. The van der Waals surface area contributed by atoms with Crippen LogP contribution in [0.25, 0.3) is 10.9 Å². The van der Waals surface area contributed by atoms with Crippen molar-refractivity contribution in [1.29, 1.82) is 0 Å². The monoisotopic (exact) mass is 423 g/mol. The van der Waals surface area contributed by atoms with E-state index in [0.29, 0.717) is 17.9 Å². The number of anilines is 2. The number of amides is 1. The zero-order valence-electron chi connectivity index (χ0n) is 17.1.